The van der Waals surface area contributed by atoms with E-state index in [0.717, 1.165) is 18.2 Å². The molecule has 0 aromatic heterocycles. The van der Waals surface area contributed by atoms with Gasteiger partial charge in [0, 0.05) is 12.1 Å². The van der Waals surface area contributed by atoms with Crippen LogP contribution in [0.1, 0.15) is 5.56 Å². The molecule has 0 atom stereocenters. The first-order valence-electron chi connectivity index (χ1n) is 6.20. The van der Waals surface area contributed by atoms with Crippen LogP contribution in [0.4, 0.5) is 18.9 Å². The number of halogens is 4. The van der Waals surface area contributed by atoms with Gasteiger partial charge in [0.25, 0.3) is 5.69 Å². The van der Waals surface area contributed by atoms with Crippen LogP contribution in [0.15, 0.2) is 41.3 Å². The van der Waals surface area contributed by atoms with Crippen LogP contribution in [0.2, 0.25) is 5.02 Å². The van der Waals surface area contributed by atoms with Crippen LogP contribution in [-0.4, -0.2) is 17.9 Å². The van der Waals surface area contributed by atoms with Gasteiger partial charge in [0.1, 0.15) is 11.5 Å². The lowest BCUT2D eigenvalue weighted by atomic mass is 10.2. The molecule has 0 heterocycles. The molecule has 12 heteroatoms. The summed E-state index contributed by atoms with van der Waals surface area (Å²) in [5, 5.41) is 10.4. The summed E-state index contributed by atoms with van der Waals surface area (Å²) >= 11 is 5.70. The monoisotopic (exact) mass is 397 g/mol. The minimum absolute atomic E-state index is 0.246. The maximum absolute atomic E-state index is 12.6. The average Bonchev–Trinajstić information content (AvgIpc) is 2.47. The number of benzene rings is 2. The van der Waals surface area contributed by atoms with Crippen molar-refractivity contribution in [2.24, 2.45) is 0 Å². The molecular weight excluding hydrogens is 391 g/mol. The van der Waals surface area contributed by atoms with Gasteiger partial charge in [-0.05, 0) is 24.3 Å². The minimum Gasteiger partial charge on any atom is -0.456 e. The van der Waals surface area contributed by atoms with Crippen molar-refractivity contribution in [3.8, 4) is 11.5 Å². The Morgan fingerprint density at radius 3 is 2.28 bits per heavy atom. The topological polar surface area (TPSA) is 107 Å². The predicted molar refractivity (Wildman–Crippen MR) is 79.4 cm³/mol. The quantitative estimate of drug-likeness (QED) is 0.468. The summed E-state index contributed by atoms with van der Waals surface area (Å²) in [6, 6.07) is 4.61. The molecule has 0 spiro atoms. The molecule has 25 heavy (non-hydrogen) atoms. The maximum Gasteiger partial charge on any atom is 0.416 e. The molecule has 134 valence electrons. The number of nitrogens with zero attached hydrogens (tertiary/aromatic N) is 1. The van der Waals surface area contributed by atoms with Crippen molar-refractivity contribution < 1.29 is 35.8 Å². The highest BCUT2D eigenvalue weighted by Crippen LogP contribution is 2.37. The molecule has 0 bridgehead atoms. The van der Waals surface area contributed by atoms with Gasteiger partial charge < -0.3 is 4.74 Å². The number of hydrogen-bond acceptors (Lipinski definition) is 5. The van der Waals surface area contributed by atoms with Gasteiger partial charge in [0.15, 0.2) is 4.90 Å². The molecule has 1 N–H and O–H groups in total. The van der Waals surface area contributed by atoms with Crippen molar-refractivity contribution in [3.05, 3.63) is 57.1 Å². The summed E-state index contributed by atoms with van der Waals surface area (Å²) in [5.41, 5.74) is -1.92. The summed E-state index contributed by atoms with van der Waals surface area (Å²) in [5.74, 6) is -0.537. The number of nitro groups is 1. The van der Waals surface area contributed by atoms with Crippen molar-refractivity contribution in [2.45, 2.75) is 11.1 Å². The Hall–Kier alpha value is -2.37. The normalized spacial score (nSPS) is 12.0. The molecule has 0 unspecified atom stereocenters. The number of nitro benzene ring substituents is 1. The van der Waals surface area contributed by atoms with E-state index >= 15 is 0 Å². The molecular formula is C13H7ClF3NO6S. The van der Waals surface area contributed by atoms with Crippen LogP contribution >= 0.6 is 11.6 Å². The molecule has 2 rings (SSSR count). The third-order valence-electron chi connectivity index (χ3n) is 2.89. The number of hydrogen-bond donors (Lipinski definition) is 1. The summed E-state index contributed by atoms with van der Waals surface area (Å²) in [7, 11) is -4.93. The zero-order chi connectivity index (χ0) is 19.0. The van der Waals surface area contributed by atoms with Gasteiger partial charge in [-0.3, -0.25) is 14.7 Å². The molecule has 0 radical (unpaired) electrons. The van der Waals surface area contributed by atoms with Crippen LogP contribution in [0.5, 0.6) is 11.5 Å². The van der Waals surface area contributed by atoms with E-state index in [-0.39, 0.29) is 11.5 Å². The molecule has 7 nitrogen and oxygen atoms in total. The Labute approximate surface area is 143 Å². The van der Waals surface area contributed by atoms with Crippen LogP contribution in [0.3, 0.4) is 0 Å². The SMILES string of the molecule is O=[N+]([O-])c1ccc(Oc2ccc(C(F)(F)F)cc2Cl)cc1S(=O)(=O)O. The van der Waals surface area contributed by atoms with Gasteiger partial charge >= 0.3 is 16.3 Å². The van der Waals surface area contributed by atoms with E-state index in [0.29, 0.717) is 18.2 Å². The highest BCUT2D eigenvalue weighted by Gasteiger charge is 2.31. The Morgan fingerprint density at radius 1 is 1.16 bits per heavy atom. The first-order valence-corrected chi connectivity index (χ1v) is 8.02. The summed E-state index contributed by atoms with van der Waals surface area (Å²) in [4.78, 5) is 8.73. The van der Waals surface area contributed by atoms with Gasteiger partial charge in [-0.25, -0.2) is 0 Å². The van der Waals surface area contributed by atoms with Crippen LogP contribution in [0.25, 0.3) is 0 Å². The van der Waals surface area contributed by atoms with Gasteiger partial charge in [-0.1, -0.05) is 11.6 Å². The van der Waals surface area contributed by atoms with Crippen molar-refractivity contribution in [1.82, 2.24) is 0 Å². The van der Waals surface area contributed by atoms with E-state index in [1.54, 1.807) is 0 Å². The van der Waals surface area contributed by atoms with Crippen LogP contribution < -0.4 is 4.74 Å². The Morgan fingerprint density at radius 2 is 1.80 bits per heavy atom. The minimum atomic E-state index is -4.93. The largest absolute Gasteiger partial charge is 0.456 e. The zero-order valence-electron chi connectivity index (χ0n) is 11.8. The molecule has 0 saturated carbocycles. The highest BCUT2D eigenvalue weighted by molar-refractivity contribution is 7.86. The average molecular weight is 398 g/mol. The van der Waals surface area contributed by atoms with Crippen LogP contribution in [-0.2, 0) is 16.3 Å². The molecule has 2 aromatic rings. The van der Waals surface area contributed by atoms with Crippen LogP contribution in [0, 0.1) is 10.1 Å². The molecule has 0 fully saturated rings. The van der Waals surface area contributed by atoms with E-state index in [2.05, 4.69) is 0 Å². The fourth-order valence-corrected chi connectivity index (χ4v) is 2.69. The third-order valence-corrected chi connectivity index (χ3v) is 4.07. The van der Waals surface area contributed by atoms with Crippen molar-refractivity contribution >= 4 is 27.4 Å². The molecule has 2 aromatic carbocycles. The molecule has 0 aliphatic rings. The lowest BCUT2D eigenvalue weighted by Crippen LogP contribution is -2.05. The Bertz CT molecular complexity index is 945. The molecule has 0 amide bonds. The van der Waals surface area contributed by atoms with Crippen molar-refractivity contribution in [3.63, 3.8) is 0 Å². The lowest BCUT2D eigenvalue weighted by molar-refractivity contribution is -0.387. The predicted octanol–water partition coefficient (Wildman–Crippen LogP) is 4.31. The Kier molecular flexibility index (Phi) is 4.93. The molecule has 0 aliphatic carbocycles. The lowest BCUT2D eigenvalue weighted by Gasteiger charge is -2.11. The van der Waals surface area contributed by atoms with E-state index in [9.17, 15) is 31.7 Å². The summed E-state index contributed by atoms with van der Waals surface area (Å²) < 4.78 is 74.4. The standard InChI is InChI=1S/C13H7ClF3NO6S/c14-9-5-7(13(15,16)17)1-4-11(9)24-8-2-3-10(18(19)20)12(6-8)25(21,22)23/h1-6H,(H,21,22,23). The van der Waals surface area contributed by atoms with Gasteiger partial charge in [-0.2, -0.15) is 21.6 Å². The first kappa shape index (κ1) is 19.0. The molecule has 0 saturated heterocycles. The second-order valence-electron chi connectivity index (χ2n) is 4.61. The van der Waals surface area contributed by atoms with Gasteiger partial charge in [0.2, 0.25) is 0 Å². The fraction of sp³-hybridized carbons (Fsp3) is 0.0769. The van der Waals surface area contributed by atoms with Gasteiger partial charge in [-0.15, -0.1) is 0 Å². The number of rotatable bonds is 4. The maximum atomic E-state index is 12.6. The highest BCUT2D eigenvalue weighted by atomic mass is 35.5. The van der Waals surface area contributed by atoms with E-state index < -0.39 is 42.4 Å². The van der Waals surface area contributed by atoms with E-state index in [1.165, 1.54) is 0 Å². The third kappa shape index (κ3) is 4.38. The van der Waals surface area contributed by atoms with Crippen molar-refractivity contribution in [1.29, 1.82) is 0 Å². The molecule has 0 aliphatic heterocycles. The summed E-state index contributed by atoms with van der Waals surface area (Å²) in [6.07, 6.45) is -4.62. The van der Waals surface area contributed by atoms with Crippen molar-refractivity contribution in [2.75, 3.05) is 0 Å². The fourth-order valence-electron chi connectivity index (χ4n) is 1.80. The summed E-state index contributed by atoms with van der Waals surface area (Å²) in [6.45, 7) is 0. The second kappa shape index (κ2) is 6.50. The Balaban J connectivity index is 2.43. The second-order valence-corrected chi connectivity index (χ2v) is 6.40. The number of ether oxygens (including phenoxy) is 1. The first-order chi connectivity index (χ1) is 11.4. The van der Waals surface area contributed by atoms with E-state index in [4.69, 9.17) is 20.9 Å². The number of alkyl halides is 3. The zero-order valence-corrected chi connectivity index (χ0v) is 13.4. The smallest absolute Gasteiger partial charge is 0.416 e. The van der Waals surface area contributed by atoms with Gasteiger partial charge in [0.05, 0.1) is 15.5 Å². The van der Waals surface area contributed by atoms with E-state index in [1.807, 2.05) is 0 Å².